The van der Waals surface area contributed by atoms with E-state index in [2.05, 4.69) is 6.92 Å². The molecule has 1 unspecified atom stereocenters. The van der Waals surface area contributed by atoms with Crippen molar-refractivity contribution in [2.75, 3.05) is 11.4 Å². The molecule has 5 heteroatoms. The maximum atomic E-state index is 12.6. The maximum Gasteiger partial charge on any atom is 0.305 e. The summed E-state index contributed by atoms with van der Waals surface area (Å²) in [5.74, 6) is -0.310. The van der Waals surface area contributed by atoms with Crippen molar-refractivity contribution in [2.45, 2.75) is 37.2 Å². The van der Waals surface area contributed by atoms with Crippen LogP contribution in [0.5, 0.6) is 0 Å². The van der Waals surface area contributed by atoms with Crippen molar-refractivity contribution in [3.8, 4) is 0 Å². The molecule has 108 valence electrons. The monoisotopic (exact) mass is 293 g/mol. The standard InChI is InChI=1S/C15H19NO3S/c1-2-3-8-16-12-7-5-4-6-11(12)10-20-13(15(16)19)9-14(17)18/h4-7,13H,2-3,8-10H2,1H3,(H,17,18). The highest BCUT2D eigenvalue weighted by molar-refractivity contribution is 7.99. The molecular formula is C15H19NO3S. The molecule has 20 heavy (non-hydrogen) atoms. The Morgan fingerprint density at radius 1 is 1.45 bits per heavy atom. The fourth-order valence-corrected chi connectivity index (χ4v) is 3.46. The van der Waals surface area contributed by atoms with Crippen LogP contribution in [-0.2, 0) is 15.3 Å². The second-order valence-corrected chi connectivity index (χ2v) is 6.06. The number of carboxylic acid groups (broad SMARTS) is 1. The molecule has 2 rings (SSSR count). The van der Waals surface area contributed by atoms with E-state index in [-0.39, 0.29) is 12.3 Å². The molecule has 0 bridgehead atoms. The lowest BCUT2D eigenvalue weighted by Gasteiger charge is -2.24. The van der Waals surface area contributed by atoms with Crippen LogP contribution >= 0.6 is 11.8 Å². The van der Waals surface area contributed by atoms with Crippen LogP contribution in [0.1, 0.15) is 31.7 Å². The molecule has 0 radical (unpaired) electrons. The van der Waals surface area contributed by atoms with Gasteiger partial charge in [0.25, 0.3) is 0 Å². The van der Waals surface area contributed by atoms with Gasteiger partial charge in [0.15, 0.2) is 0 Å². The molecule has 1 N–H and O–H groups in total. The minimum absolute atomic E-state index is 0.0733. The van der Waals surface area contributed by atoms with E-state index in [1.54, 1.807) is 4.90 Å². The van der Waals surface area contributed by atoms with Gasteiger partial charge in [-0.25, -0.2) is 0 Å². The maximum absolute atomic E-state index is 12.6. The quantitative estimate of drug-likeness (QED) is 0.907. The molecule has 0 saturated carbocycles. The lowest BCUT2D eigenvalue weighted by molar-refractivity contribution is -0.138. The Labute approximate surface area is 123 Å². The van der Waals surface area contributed by atoms with Crippen LogP contribution in [0, 0.1) is 0 Å². The van der Waals surface area contributed by atoms with Crippen LogP contribution in [0.3, 0.4) is 0 Å². The number of hydrogen-bond acceptors (Lipinski definition) is 3. The number of unbranched alkanes of at least 4 members (excludes halogenated alkanes) is 1. The van der Waals surface area contributed by atoms with Gasteiger partial charge in [0.1, 0.15) is 0 Å². The van der Waals surface area contributed by atoms with Crippen LogP contribution in [0.2, 0.25) is 0 Å². The normalized spacial score (nSPS) is 18.6. The Balaban J connectivity index is 2.30. The summed E-state index contributed by atoms with van der Waals surface area (Å²) >= 11 is 1.43. The molecule has 0 spiro atoms. The second-order valence-electron chi connectivity index (χ2n) is 4.87. The Hall–Kier alpha value is -1.49. The van der Waals surface area contributed by atoms with Crippen molar-refractivity contribution in [1.82, 2.24) is 0 Å². The van der Waals surface area contributed by atoms with E-state index < -0.39 is 11.2 Å². The molecule has 1 heterocycles. The summed E-state index contributed by atoms with van der Waals surface area (Å²) in [4.78, 5) is 25.3. The number of aliphatic carboxylic acids is 1. The van der Waals surface area contributed by atoms with Gasteiger partial charge in [0.2, 0.25) is 5.91 Å². The highest BCUT2D eigenvalue weighted by atomic mass is 32.2. The van der Waals surface area contributed by atoms with E-state index in [9.17, 15) is 9.59 Å². The number of fused-ring (bicyclic) bond motifs is 1. The Morgan fingerprint density at radius 2 is 2.20 bits per heavy atom. The summed E-state index contributed by atoms with van der Waals surface area (Å²) in [5, 5.41) is 8.48. The molecule has 1 aromatic carbocycles. The summed E-state index contributed by atoms with van der Waals surface area (Å²) in [5.41, 5.74) is 2.04. The molecule has 1 amide bonds. The summed E-state index contributed by atoms with van der Waals surface area (Å²) < 4.78 is 0. The molecule has 1 aliphatic heterocycles. The van der Waals surface area contributed by atoms with Gasteiger partial charge in [-0.15, -0.1) is 11.8 Å². The second kappa shape index (κ2) is 6.79. The number of hydrogen-bond donors (Lipinski definition) is 1. The number of carbonyl (C=O) groups is 2. The fraction of sp³-hybridized carbons (Fsp3) is 0.467. The Bertz CT molecular complexity index is 504. The van der Waals surface area contributed by atoms with Gasteiger partial charge in [-0.3, -0.25) is 9.59 Å². The van der Waals surface area contributed by atoms with E-state index in [1.807, 2.05) is 24.3 Å². The van der Waals surface area contributed by atoms with Crippen LogP contribution < -0.4 is 4.90 Å². The summed E-state index contributed by atoms with van der Waals surface area (Å²) in [7, 11) is 0. The molecule has 1 aromatic rings. The average molecular weight is 293 g/mol. The number of thioether (sulfide) groups is 1. The van der Waals surface area contributed by atoms with E-state index >= 15 is 0 Å². The third-order valence-electron chi connectivity index (χ3n) is 3.36. The number of nitrogens with zero attached hydrogens (tertiary/aromatic N) is 1. The number of carboxylic acids is 1. The molecule has 1 atom stereocenters. The van der Waals surface area contributed by atoms with Gasteiger partial charge in [0.05, 0.1) is 11.7 Å². The van der Waals surface area contributed by atoms with Crippen molar-refractivity contribution < 1.29 is 14.7 Å². The lowest BCUT2D eigenvalue weighted by atomic mass is 10.1. The average Bonchev–Trinajstić information content (AvgIpc) is 2.55. The van der Waals surface area contributed by atoms with Crippen LogP contribution in [-0.4, -0.2) is 28.8 Å². The van der Waals surface area contributed by atoms with E-state index in [1.165, 1.54) is 11.8 Å². The van der Waals surface area contributed by atoms with Crippen molar-refractivity contribution in [3.63, 3.8) is 0 Å². The van der Waals surface area contributed by atoms with Crippen LogP contribution in [0.4, 0.5) is 5.69 Å². The van der Waals surface area contributed by atoms with E-state index in [0.29, 0.717) is 12.3 Å². The topological polar surface area (TPSA) is 57.6 Å². The smallest absolute Gasteiger partial charge is 0.305 e. The van der Waals surface area contributed by atoms with Gasteiger partial charge < -0.3 is 10.0 Å². The first-order chi connectivity index (χ1) is 9.63. The predicted octanol–water partition coefficient (Wildman–Crippen LogP) is 2.91. The SMILES string of the molecule is CCCCN1C(=O)C(CC(=O)O)SCc2ccccc21. The van der Waals surface area contributed by atoms with Crippen molar-refractivity contribution >= 4 is 29.3 Å². The van der Waals surface area contributed by atoms with Gasteiger partial charge in [0, 0.05) is 18.0 Å². The lowest BCUT2D eigenvalue weighted by Crippen LogP contribution is -2.38. The zero-order valence-corrected chi connectivity index (χ0v) is 12.4. The summed E-state index contributed by atoms with van der Waals surface area (Å²) in [6.45, 7) is 2.74. The highest BCUT2D eigenvalue weighted by Crippen LogP contribution is 2.34. The third kappa shape index (κ3) is 3.33. The predicted molar refractivity (Wildman–Crippen MR) is 81.0 cm³/mol. The molecule has 0 fully saturated rings. The van der Waals surface area contributed by atoms with E-state index in [4.69, 9.17) is 5.11 Å². The fourth-order valence-electron chi connectivity index (χ4n) is 2.30. The Morgan fingerprint density at radius 3 is 2.90 bits per heavy atom. The number of benzene rings is 1. The van der Waals surface area contributed by atoms with Crippen molar-refractivity contribution in [1.29, 1.82) is 0 Å². The minimum Gasteiger partial charge on any atom is -0.481 e. The zero-order chi connectivity index (χ0) is 14.5. The molecule has 4 nitrogen and oxygen atoms in total. The number of para-hydroxylation sites is 1. The molecule has 0 aromatic heterocycles. The molecule has 1 aliphatic rings. The largest absolute Gasteiger partial charge is 0.481 e. The first kappa shape index (κ1) is 14.9. The zero-order valence-electron chi connectivity index (χ0n) is 11.5. The van der Waals surface area contributed by atoms with E-state index in [0.717, 1.165) is 24.1 Å². The van der Waals surface area contributed by atoms with Crippen LogP contribution in [0.25, 0.3) is 0 Å². The van der Waals surface area contributed by atoms with Gasteiger partial charge in [-0.2, -0.15) is 0 Å². The van der Waals surface area contributed by atoms with Gasteiger partial charge >= 0.3 is 5.97 Å². The van der Waals surface area contributed by atoms with Gasteiger partial charge in [-0.1, -0.05) is 31.5 Å². The summed E-state index contributed by atoms with van der Waals surface area (Å²) in [6.07, 6.45) is 1.81. The number of amides is 1. The molecule has 0 aliphatic carbocycles. The van der Waals surface area contributed by atoms with Gasteiger partial charge in [-0.05, 0) is 18.1 Å². The highest BCUT2D eigenvalue weighted by Gasteiger charge is 2.31. The number of anilines is 1. The van der Waals surface area contributed by atoms with Crippen LogP contribution in [0.15, 0.2) is 24.3 Å². The summed E-state index contributed by atoms with van der Waals surface area (Å²) in [6, 6.07) is 7.84. The Kier molecular flexibility index (Phi) is 5.06. The molecule has 0 saturated heterocycles. The first-order valence-corrected chi connectivity index (χ1v) is 7.91. The minimum atomic E-state index is -0.919. The number of rotatable bonds is 5. The van der Waals surface area contributed by atoms with Crippen molar-refractivity contribution in [3.05, 3.63) is 29.8 Å². The molecular weight excluding hydrogens is 274 g/mol. The number of carbonyl (C=O) groups excluding carboxylic acids is 1. The first-order valence-electron chi connectivity index (χ1n) is 6.86. The van der Waals surface area contributed by atoms with Crippen molar-refractivity contribution in [2.24, 2.45) is 0 Å². The third-order valence-corrected chi connectivity index (χ3v) is 4.61.